The average molecular weight is 341 g/mol. The van der Waals surface area contributed by atoms with E-state index < -0.39 is 0 Å². The molecule has 0 aliphatic rings. The summed E-state index contributed by atoms with van der Waals surface area (Å²) in [4.78, 5) is 5.80. The van der Waals surface area contributed by atoms with Crippen molar-refractivity contribution in [3.63, 3.8) is 0 Å². The van der Waals surface area contributed by atoms with E-state index in [-0.39, 0.29) is 0 Å². The number of hydrogen-bond donors (Lipinski definition) is 1. The SMILES string of the molecule is CCCNC(CSc1cccc(Cl)c1)Cc1csc(C)n1. The Labute approximate surface area is 140 Å². The molecule has 114 valence electrons. The third-order valence-electron chi connectivity index (χ3n) is 3.05. The van der Waals surface area contributed by atoms with Crippen molar-refractivity contribution in [2.75, 3.05) is 12.3 Å². The van der Waals surface area contributed by atoms with Crippen molar-refractivity contribution in [2.45, 2.75) is 37.6 Å². The topological polar surface area (TPSA) is 24.9 Å². The number of nitrogens with zero attached hydrogens (tertiary/aromatic N) is 1. The van der Waals surface area contributed by atoms with E-state index >= 15 is 0 Å². The van der Waals surface area contributed by atoms with Gasteiger partial charge in [0.25, 0.3) is 0 Å². The normalized spacial score (nSPS) is 12.5. The molecular weight excluding hydrogens is 320 g/mol. The molecule has 0 radical (unpaired) electrons. The molecule has 1 unspecified atom stereocenters. The van der Waals surface area contributed by atoms with Crippen molar-refractivity contribution in [3.05, 3.63) is 45.4 Å². The third-order valence-corrected chi connectivity index (χ3v) is 5.27. The van der Waals surface area contributed by atoms with Crippen LogP contribution in [0.1, 0.15) is 24.0 Å². The smallest absolute Gasteiger partial charge is 0.0897 e. The van der Waals surface area contributed by atoms with Crippen molar-refractivity contribution in [1.82, 2.24) is 10.3 Å². The Morgan fingerprint density at radius 1 is 1.43 bits per heavy atom. The van der Waals surface area contributed by atoms with Gasteiger partial charge in [-0.3, -0.25) is 0 Å². The molecule has 1 N–H and O–H groups in total. The summed E-state index contributed by atoms with van der Waals surface area (Å²) in [5.74, 6) is 1.02. The van der Waals surface area contributed by atoms with E-state index in [1.807, 2.05) is 30.0 Å². The van der Waals surface area contributed by atoms with Crippen LogP contribution < -0.4 is 5.32 Å². The highest BCUT2D eigenvalue weighted by Crippen LogP contribution is 2.23. The first-order valence-corrected chi connectivity index (χ1v) is 9.44. The molecule has 1 atom stereocenters. The number of thioether (sulfide) groups is 1. The van der Waals surface area contributed by atoms with Crippen molar-refractivity contribution in [2.24, 2.45) is 0 Å². The van der Waals surface area contributed by atoms with Gasteiger partial charge in [0.05, 0.1) is 10.7 Å². The lowest BCUT2D eigenvalue weighted by atomic mass is 10.2. The van der Waals surface area contributed by atoms with Crippen LogP contribution in [0.2, 0.25) is 5.02 Å². The van der Waals surface area contributed by atoms with Gasteiger partial charge in [-0.05, 0) is 38.1 Å². The summed E-state index contributed by atoms with van der Waals surface area (Å²) in [7, 11) is 0. The first-order chi connectivity index (χ1) is 10.2. The first-order valence-electron chi connectivity index (χ1n) is 7.20. The molecule has 2 rings (SSSR count). The predicted octanol–water partition coefficient (Wildman–Crippen LogP) is 4.81. The van der Waals surface area contributed by atoms with Gasteiger partial charge in [0.1, 0.15) is 0 Å². The zero-order valence-electron chi connectivity index (χ0n) is 12.4. The number of rotatable bonds is 8. The highest BCUT2D eigenvalue weighted by Gasteiger charge is 2.11. The Bertz CT molecular complexity index is 557. The second kappa shape index (κ2) is 8.79. The molecule has 0 saturated heterocycles. The Balaban J connectivity index is 1.92. The van der Waals surface area contributed by atoms with E-state index in [1.165, 1.54) is 10.6 Å². The summed E-state index contributed by atoms with van der Waals surface area (Å²) in [6, 6.07) is 8.49. The zero-order chi connectivity index (χ0) is 15.1. The lowest BCUT2D eigenvalue weighted by Gasteiger charge is -2.17. The van der Waals surface area contributed by atoms with Crippen LogP contribution in [-0.4, -0.2) is 23.3 Å². The number of thiazole rings is 1. The minimum absolute atomic E-state index is 0.440. The number of aryl methyl sites for hydroxylation is 1. The maximum absolute atomic E-state index is 6.04. The van der Waals surface area contributed by atoms with Crippen molar-refractivity contribution in [1.29, 1.82) is 0 Å². The van der Waals surface area contributed by atoms with Gasteiger partial charge in [-0.2, -0.15) is 0 Å². The van der Waals surface area contributed by atoms with Crippen LogP contribution in [0, 0.1) is 6.92 Å². The second-order valence-electron chi connectivity index (χ2n) is 4.98. The number of benzene rings is 1. The predicted molar refractivity (Wildman–Crippen MR) is 94.8 cm³/mol. The van der Waals surface area contributed by atoms with Crippen molar-refractivity contribution >= 4 is 34.7 Å². The largest absolute Gasteiger partial charge is 0.313 e. The molecule has 0 aliphatic carbocycles. The third kappa shape index (κ3) is 5.99. The fourth-order valence-electron chi connectivity index (χ4n) is 2.05. The van der Waals surface area contributed by atoms with Crippen molar-refractivity contribution < 1.29 is 0 Å². The van der Waals surface area contributed by atoms with Gasteiger partial charge in [-0.15, -0.1) is 23.1 Å². The molecule has 2 aromatic rings. The highest BCUT2D eigenvalue weighted by molar-refractivity contribution is 7.99. The number of hydrogen-bond acceptors (Lipinski definition) is 4. The lowest BCUT2D eigenvalue weighted by Crippen LogP contribution is -2.34. The number of nitrogens with one attached hydrogen (secondary N) is 1. The monoisotopic (exact) mass is 340 g/mol. The molecule has 1 heterocycles. The van der Waals surface area contributed by atoms with Crippen LogP contribution in [0.25, 0.3) is 0 Å². The Kier molecular flexibility index (Phi) is 7.04. The summed E-state index contributed by atoms with van der Waals surface area (Å²) in [6.07, 6.45) is 2.13. The number of halogens is 1. The van der Waals surface area contributed by atoms with Crippen LogP contribution in [-0.2, 0) is 6.42 Å². The molecular formula is C16H21ClN2S2. The molecule has 0 spiro atoms. The van der Waals surface area contributed by atoms with Gasteiger partial charge in [0.2, 0.25) is 0 Å². The molecule has 0 aliphatic heterocycles. The minimum Gasteiger partial charge on any atom is -0.313 e. The summed E-state index contributed by atoms with van der Waals surface area (Å²) < 4.78 is 0. The molecule has 21 heavy (non-hydrogen) atoms. The molecule has 5 heteroatoms. The Morgan fingerprint density at radius 2 is 2.29 bits per heavy atom. The summed E-state index contributed by atoms with van der Waals surface area (Å²) in [5, 5.41) is 7.73. The molecule has 2 nitrogen and oxygen atoms in total. The fraction of sp³-hybridized carbons (Fsp3) is 0.438. The summed E-state index contributed by atoms with van der Waals surface area (Å²) in [6.45, 7) is 5.30. The van der Waals surface area contributed by atoms with E-state index in [1.54, 1.807) is 11.3 Å². The first kappa shape index (κ1) is 16.8. The van der Waals surface area contributed by atoms with Crippen LogP contribution in [0.4, 0.5) is 0 Å². The Hall–Kier alpha value is -0.550. The van der Waals surface area contributed by atoms with E-state index in [0.29, 0.717) is 6.04 Å². The maximum atomic E-state index is 6.04. The van der Waals surface area contributed by atoms with Gasteiger partial charge in [0.15, 0.2) is 0 Å². The van der Waals surface area contributed by atoms with Crippen LogP contribution in [0.15, 0.2) is 34.5 Å². The van der Waals surface area contributed by atoms with E-state index in [9.17, 15) is 0 Å². The fourth-order valence-corrected chi connectivity index (χ4v) is 3.94. The van der Waals surface area contributed by atoms with E-state index in [0.717, 1.165) is 35.2 Å². The lowest BCUT2D eigenvalue weighted by molar-refractivity contribution is 0.546. The molecule has 1 aromatic heterocycles. The van der Waals surface area contributed by atoms with Gasteiger partial charge in [0, 0.05) is 33.5 Å². The van der Waals surface area contributed by atoms with Gasteiger partial charge in [-0.25, -0.2) is 4.98 Å². The maximum Gasteiger partial charge on any atom is 0.0897 e. The van der Waals surface area contributed by atoms with E-state index in [4.69, 9.17) is 11.6 Å². The minimum atomic E-state index is 0.440. The van der Waals surface area contributed by atoms with Gasteiger partial charge in [-0.1, -0.05) is 24.6 Å². The summed E-state index contributed by atoms with van der Waals surface area (Å²) in [5.41, 5.74) is 1.19. The highest BCUT2D eigenvalue weighted by atomic mass is 35.5. The molecule has 0 bridgehead atoms. The molecule has 0 saturated carbocycles. The van der Waals surface area contributed by atoms with Gasteiger partial charge >= 0.3 is 0 Å². The molecule has 0 amide bonds. The van der Waals surface area contributed by atoms with Crippen LogP contribution >= 0.6 is 34.7 Å². The van der Waals surface area contributed by atoms with Crippen LogP contribution in [0.3, 0.4) is 0 Å². The molecule has 1 aromatic carbocycles. The zero-order valence-corrected chi connectivity index (χ0v) is 14.8. The number of aromatic nitrogens is 1. The van der Waals surface area contributed by atoms with E-state index in [2.05, 4.69) is 35.6 Å². The quantitative estimate of drug-likeness (QED) is 0.698. The molecule has 0 fully saturated rings. The van der Waals surface area contributed by atoms with Crippen LogP contribution in [0.5, 0.6) is 0 Å². The van der Waals surface area contributed by atoms with Gasteiger partial charge < -0.3 is 5.32 Å². The second-order valence-corrected chi connectivity index (χ2v) is 7.57. The summed E-state index contributed by atoms with van der Waals surface area (Å²) >= 11 is 9.61. The standard InChI is InChI=1S/C16H21ClN2S2/c1-3-7-18-14(9-15-11-20-12(2)19-15)10-21-16-6-4-5-13(17)8-16/h4-6,8,11,14,18H,3,7,9-10H2,1-2H3. The Morgan fingerprint density at radius 3 is 2.95 bits per heavy atom. The van der Waals surface area contributed by atoms with Crippen molar-refractivity contribution in [3.8, 4) is 0 Å². The average Bonchev–Trinajstić information content (AvgIpc) is 2.87.